The first-order valence-corrected chi connectivity index (χ1v) is 8.23. The highest BCUT2D eigenvalue weighted by Crippen LogP contribution is 2.28. The number of hydrogen-bond donors (Lipinski definition) is 1. The topological polar surface area (TPSA) is 58.4 Å². The molecule has 4 rings (SSSR count). The maximum Gasteiger partial charge on any atom is 0.344 e. The minimum absolute atomic E-state index is 0.408. The summed E-state index contributed by atoms with van der Waals surface area (Å²) in [7, 11) is 0. The zero-order valence-electron chi connectivity index (χ0n) is 13.0. The van der Waals surface area contributed by atoms with Gasteiger partial charge in [-0.1, -0.05) is 11.6 Å². The van der Waals surface area contributed by atoms with Crippen LogP contribution in [0.15, 0.2) is 51.9 Å². The Balaban J connectivity index is 1.79. The van der Waals surface area contributed by atoms with E-state index in [0.717, 1.165) is 37.3 Å². The number of nitrogens with one attached hydrogen (secondary N) is 1. The molecule has 0 atom stereocenters. The first kappa shape index (κ1) is 15.2. The van der Waals surface area contributed by atoms with E-state index in [4.69, 9.17) is 16.0 Å². The lowest BCUT2D eigenvalue weighted by molar-refractivity contribution is 0.561. The lowest BCUT2D eigenvalue weighted by atomic mass is 10.1. The quantitative estimate of drug-likeness (QED) is 0.726. The van der Waals surface area contributed by atoms with Crippen LogP contribution in [0.1, 0.15) is 0 Å². The van der Waals surface area contributed by atoms with Crippen molar-refractivity contribution >= 4 is 28.3 Å². The molecule has 1 saturated heterocycles. The number of aromatic nitrogens is 1. The molecule has 1 N–H and O–H groups in total. The molecule has 2 aromatic heterocycles. The van der Waals surface area contributed by atoms with E-state index in [1.807, 2.05) is 18.2 Å². The maximum absolute atomic E-state index is 12.4. The molecule has 3 heterocycles. The second kappa shape index (κ2) is 6.26. The number of nitrogens with zero attached hydrogens (tertiary/aromatic N) is 2. The van der Waals surface area contributed by atoms with Gasteiger partial charge in [-0.2, -0.15) is 0 Å². The van der Waals surface area contributed by atoms with Crippen LogP contribution in [-0.2, 0) is 0 Å². The summed E-state index contributed by atoms with van der Waals surface area (Å²) >= 11 is 6.18. The van der Waals surface area contributed by atoms with Gasteiger partial charge in [0.2, 0.25) is 0 Å². The molecule has 0 bridgehead atoms. The molecule has 1 aromatic carbocycles. The monoisotopic (exact) mass is 341 g/mol. The van der Waals surface area contributed by atoms with Gasteiger partial charge >= 0.3 is 5.63 Å². The van der Waals surface area contributed by atoms with Crippen LogP contribution in [0.2, 0.25) is 5.02 Å². The number of rotatable bonds is 2. The number of piperazine rings is 1. The average Bonchev–Trinajstić information content (AvgIpc) is 2.62. The molecule has 0 unspecified atom stereocenters. The summed E-state index contributed by atoms with van der Waals surface area (Å²) in [5, 5.41) is 4.67. The van der Waals surface area contributed by atoms with Crippen molar-refractivity contribution in [2.45, 2.75) is 0 Å². The van der Waals surface area contributed by atoms with Gasteiger partial charge in [-0.3, -0.25) is 4.98 Å². The Hall–Kier alpha value is -2.37. The van der Waals surface area contributed by atoms with Crippen LogP contribution in [0.25, 0.3) is 22.1 Å². The van der Waals surface area contributed by atoms with Gasteiger partial charge in [0.15, 0.2) is 0 Å². The van der Waals surface area contributed by atoms with Gasteiger partial charge in [0.1, 0.15) is 5.58 Å². The SMILES string of the molecule is O=c1oc2cc(N3CCNCC3)ccc2cc1-c1cnccc1Cl. The Morgan fingerprint density at radius 3 is 2.75 bits per heavy atom. The Morgan fingerprint density at radius 1 is 1.12 bits per heavy atom. The second-order valence-electron chi connectivity index (χ2n) is 5.76. The summed E-state index contributed by atoms with van der Waals surface area (Å²) in [6, 6.07) is 9.43. The number of benzene rings is 1. The summed E-state index contributed by atoms with van der Waals surface area (Å²) < 4.78 is 5.55. The first-order valence-electron chi connectivity index (χ1n) is 7.86. The van der Waals surface area contributed by atoms with Crippen molar-refractivity contribution in [3.63, 3.8) is 0 Å². The van der Waals surface area contributed by atoms with Crippen LogP contribution in [0.4, 0.5) is 5.69 Å². The first-order chi connectivity index (χ1) is 11.7. The van der Waals surface area contributed by atoms with Crippen LogP contribution in [0.5, 0.6) is 0 Å². The fourth-order valence-electron chi connectivity index (χ4n) is 2.98. The Kier molecular flexibility index (Phi) is 3.96. The van der Waals surface area contributed by atoms with Gasteiger partial charge < -0.3 is 14.6 Å². The summed E-state index contributed by atoms with van der Waals surface area (Å²) in [5.74, 6) is 0. The predicted octanol–water partition coefficient (Wildman–Crippen LogP) is 2.92. The van der Waals surface area contributed by atoms with E-state index < -0.39 is 5.63 Å². The molecule has 1 aliphatic heterocycles. The summed E-state index contributed by atoms with van der Waals surface area (Å²) in [6.45, 7) is 3.80. The molecule has 0 radical (unpaired) electrons. The highest BCUT2D eigenvalue weighted by molar-refractivity contribution is 6.33. The Morgan fingerprint density at radius 2 is 1.96 bits per heavy atom. The lowest BCUT2D eigenvalue weighted by Crippen LogP contribution is -2.43. The molecule has 1 aliphatic rings. The molecule has 0 saturated carbocycles. The largest absolute Gasteiger partial charge is 0.422 e. The molecule has 0 aliphatic carbocycles. The van der Waals surface area contributed by atoms with E-state index in [2.05, 4.69) is 21.3 Å². The molecule has 0 spiro atoms. The number of fused-ring (bicyclic) bond motifs is 1. The molecule has 3 aromatic rings. The zero-order valence-corrected chi connectivity index (χ0v) is 13.7. The van der Waals surface area contributed by atoms with Crippen LogP contribution in [-0.4, -0.2) is 31.2 Å². The molecule has 24 heavy (non-hydrogen) atoms. The summed E-state index contributed by atoms with van der Waals surface area (Å²) in [6.07, 6.45) is 3.17. The van der Waals surface area contributed by atoms with Gasteiger partial charge in [-0.15, -0.1) is 0 Å². The van der Waals surface area contributed by atoms with Crippen molar-refractivity contribution in [1.29, 1.82) is 0 Å². The van der Waals surface area contributed by atoms with Crippen LogP contribution >= 0.6 is 11.6 Å². The molecule has 0 amide bonds. The van der Waals surface area contributed by atoms with Crippen LogP contribution < -0.4 is 15.8 Å². The second-order valence-corrected chi connectivity index (χ2v) is 6.17. The number of pyridine rings is 1. The smallest absolute Gasteiger partial charge is 0.344 e. The van der Waals surface area contributed by atoms with Gasteiger partial charge in [-0.25, -0.2) is 4.79 Å². The van der Waals surface area contributed by atoms with Crippen molar-refractivity contribution in [3.8, 4) is 11.1 Å². The number of halogens is 1. The van der Waals surface area contributed by atoms with E-state index in [-0.39, 0.29) is 0 Å². The lowest BCUT2D eigenvalue weighted by Gasteiger charge is -2.29. The van der Waals surface area contributed by atoms with Gasteiger partial charge in [0.25, 0.3) is 0 Å². The highest BCUT2D eigenvalue weighted by atomic mass is 35.5. The van der Waals surface area contributed by atoms with Gasteiger partial charge in [-0.05, 0) is 24.3 Å². The number of hydrogen-bond acceptors (Lipinski definition) is 5. The highest BCUT2D eigenvalue weighted by Gasteiger charge is 2.14. The molecule has 1 fully saturated rings. The molecular weight excluding hydrogens is 326 g/mol. The number of anilines is 1. The van der Waals surface area contributed by atoms with Crippen LogP contribution in [0.3, 0.4) is 0 Å². The standard InChI is InChI=1S/C18H16ClN3O2/c19-16-3-4-21-11-15(16)14-9-12-1-2-13(10-17(12)24-18(14)23)22-7-5-20-6-8-22/h1-4,9-11,20H,5-8H2. The normalized spacial score (nSPS) is 15.0. The van der Waals surface area contributed by atoms with E-state index in [9.17, 15) is 4.79 Å². The van der Waals surface area contributed by atoms with Crippen LogP contribution in [0, 0.1) is 0 Å². The molecular formula is C18H16ClN3O2. The molecule has 5 nitrogen and oxygen atoms in total. The fourth-order valence-corrected chi connectivity index (χ4v) is 3.19. The van der Waals surface area contributed by atoms with Crippen molar-refractivity contribution < 1.29 is 4.42 Å². The van der Waals surface area contributed by atoms with Crippen molar-refractivity contribution in [1.82, 2.24) is 10.3 Å². The Bertz CT molecular complexity index is 948. The molecule has 122 valence electrons. The summed E-state index contributed by atoms with van der Waals surface area (Å²) in [4.78, 5) is 18.7. The van der Waals surface area contributed by atoms with E-state index >= 15 is 0 Å². The third kappa shape index (κ3) is 2.77. The maximum atomic E-state index is 12.4. The zero-order chi connectivity index (χ0) is 16.5. The van der Waals surface area contributed by atoms with Crippen molar-refractivity contribution in [2.75, 3.05) is 31.1 Å². The van der Waals surface area contributed by atoms with Crippen molar-refractivity contribution in [3.05, 3.63) is 58.2 Å². The van der Waals surface area contributed by atoms with Crippen molar-refractivity contribution in [2.24, 2.45) is 0 Å². The Labute approximate surface area is 143 Å². The minimum atomic E-state index is -0.408. The van der Waals surface area contributed by atoms with E-state index in [0.29, 0.717) is 21.7 Å². The molecule has 6 heteroatoms. The van der Waals surface area contributed by atoms with E-state index in [1.54, 1.807) is 18.5 Å². The average molecular weight is 342 g/mol. The fraction of sp³-hybridized carbons (Fsp3) is 0.222. The third-order valence-electron chi connectivity index (χ3n) is 4.26. The van der Waals surface area contributed by atoms with E-state index in [1.165, 1.54) is 0 Å². The van der Waals surface area contributed by atoms with Gasteiger partial charge in [0.05, 0.1) is 10.6 Å². The summed E-state index contributed by atoms with van der Waals surface area (Å²) in [5.41, 5.74) is 2.26. The third-order valence-corrected chi connectivity index (χ3v) is 4.59. The minimum Gasteiger partial charge on any atom is -0.422 e. The predicted molar refractivity (Wildman–Crippen MR) is 95.8 cm³/mol. The van der Waals surface area contributed by atoms with Gasteiger partial charge in [0, 0.05) is 61.3 Å².